The van der Waals surface area contributed by atoms with Gasteiger partial charge in [0.25, 0.3) is 0 Å². The second kappa shape index (κ2) is 5.81. The first-order chi connectivity index (χ1) is 10.1. The molecule has 112 valence electrons. The van der Waals surface area contributed by atoms with Crippen LogP contribution in [0.15, 0.2) is 30.6 Å². The van der Waals surface area contributed by atoms with Crippen molar-refractivity contribution in [1.82, 2.24) is 9.55 Å². The van der Waals surface area contributed by atoms with Crippen LogP contribution in [0.2, 0.25) is 0 Å². The molecule has 0 saturated heterocycles. The predicted molar refractivity (Wildman–Crippen MR) is 72.2 cm³/mol. The van der Waals surface area contributed by atoms with Crippen molar-refractivity contribution in [2.45, 2.75) is 38.5 Å². The number of fused-ring (bicyclic) bond motifs is 1. The summed E-state index contributed by atoms with van der Waals surface area (Å²) >= 11 is 0. The summed E-state index contributed by atoms with van der Waals surface area (Å²) in [5, 5.41) is 9.89. The smallest absolute Gasteiger partial charge is 0.320 e. The summed E-state index contributed by atoms with van der Waals surface area (Å²) in [6, 6.07) is 5.46. The van der Waals surface area contributed by atoms with E-state index >= 15 is 0 Å². The number of hydrogen-bond acceptors (Lipinski definition) is 3. The molecule has 0 amide bonds. The number of imidazole rings is 1. The van der Waals surface area contributed by atoms with Crippen LogP contribution in [-0.4, -0.2) is 14.7 Å². The number of nitrogens with zero attached hydrogens (tertiary/aromatic N) is 2. The molecule has 6 heteroatoms. The Bertz CT molecular complexity index is 628. The highest BCUT2D eigenvalue weighted by molar-refractivity contribution is 5.38. The monoisotopic (exact) mass is 294 g/mol. The first-order valence-electron chi connectivity index (χ1n) is 6.88. The highest BCUT2D eigenvalue weighted by atomic mass is 19.3. The summed E-state index contributed by atoms with van der Waals surface area (Å²) in [7, 11) is 0. The van der Waals surface area contributed by atoms with E-state index in [2.05, 4.69) is 4.98 Å². The molecule has 0 radical (unpaired) electrons. The van der Waals surface area contributed by atoms with Crippen molar-refractivity contribution in [3.63, 3.8) is 0 Å². The van der Waals surface area contributed by atoms with Crippen molar-refractivity contribution in [2.75, 3.05) is 0 Å². The van der Waals surface area contributed by atoms with Gasteiger partial charge in [-0.05, 0) is 42.5 Å². The highest BCUT2D eigenvalue weighted by Crippen LogP contribution is 2.32. The van der Waals surface area contributed by atoms with Crippen LogP contribution in [0.5, 0.6) is 5.75 Å². The second-order valence-electron chi connectivity index (χ2n) is 5.09. The largest absolute Gasteiger partial charge is 0.486 e. The van der Waals surface area contributed by atoms with Crippen LogP contribution >= 0.6 is 0 Å². The minimum atomic E-state index is -2.62. The number of ether oxygens (including phenoxy) is 1. The van der Waals surface area contributed by atoms with E-state index in [-0.39, 0.29) is 12.4 Å². The fourth-order valence-electron chi connectivity index (χ4n) is 2.64. The standard InChI is InChI=1S/C15H16F2N2O2/c16-15(17)19-7-6-18-14(19)9-21-11-4-5-12-10(8-11)2-1-3-13(12)20/h4-8,13,15,20H,1-3,9H2. The number of hydrogen-bond donors (Lipinski definition) is 1. The number of aromatic nitrogens is 2. The van der Waals surface area contributed by atoms with E-state index in [4.69, 9.17) is 4.74 Å². The quantitative estimate of drug-likeness (QED) is 0.941. The van der Waals surface area contributed by atoms with Crippen molar-refractivity contribution < 1.29 is 18.6 Å². The molecule has 1 aliphatic rings. The fourth-order valence-corrected chi connectivity index (χ4v) is 2.64. The van der Waals surface area contributed by atoms with Crippen molar-refractivity contribution in [3.8, 4) is 5.75 Å². The highest BCUT2D eigenvalue weighted by Gasteiger charge is 2.18. The lowest BCUT2D eigenvalue weighted by molar-refractivity contribution is 0.0632. The minimum absolute atomic E-state index is 0.0152. The zero-order chi connectivity index (χ0) is 14.8. The Kier molecular flexibility index (Phi) is 3.88. The van der Waals surface area contributed by atoms with Crippen molar-refractivity contribution in [3.05, 3.63) is 47.5 Å². The maximum Gasteiger partial charge on any atom is 0.320 e. The van der Waals surface area contributed by atoms with E-state index in [9.17, 15) is 13.9 Å². The Balaban J connectivity index is 1.72. The molecule has 3 rings (SSSR count). The maximum atomic E-state index is 12.7. The van der Waals surface area contributed by atoms with Crippen LogP contribution in [0.3, 0.4) is 0 Å². The van der Waals surface area contributed by atoms with Crippen molar-refractivity contribution in [1.29, 1.82) is 0 Å². The molecular formula is C15H16F2N2O2. The van der Waals surface area contributed by atoms with Gasteiger partial charge in [-0.2, -0.15) is 8.78 Å². The molecule has 0 aliphatic heterocycles. The summed E-state index contributed by atoms with van der Waals surface area (Å²) in [4.78, 5) is 3.87. The predicted octanol–water partition coefficient (Wildman–Crippen LogP) is 3.23. The number of benzene rings is 1. The number of aliphatic hydroxyl groups is 1. The molecule has 1 N–H and O–H groups in total. The number of aliphatic hydroxyl groups excluding tert-OH is 1. The van der Waals surface area contributed by atoms with E-state index in [1.54, 1.807) is 6.07 Å². The SMILES string of the molecule is OC1CCCc2cc(OCc3nccn3C(F)F)ccc21. The summed E-state index contributed by atoms with van der Waals surface area (Å²) in [6.07, 6.45) is 4.75. The van der Waals surface area contributed by atoms with Crippen LogP contribution in [0.25, 0.3) is 0 Å². The summed E-state index contributed by atoms with van der Waals surface area (Å²) < 4.78 is 31.7. The average Bonchev–Trinajstić information content (AvgIpc) is 2.94. The van der Waals surface area contributed by atoms with Gasteiger partial charge in [0.2, 0.25) is 0 Å². The minimum Gasteiger partial charge on any atom is -0.486 e. The third-order valence-corrected chi connectivity index (χ3v) is 3.72. The molecule has 1 unspecified atom stereocenters. The molecule has 1 atom stereocenters. The maximum absolute atomic E-state index is 12.7. The van der Waals surface area contributed by atoms with Crippen LogP contribution in [0.4, 0.5) is 8.78 Å². The molecule has 0 spiro atoms. The lowest BCUT2D eigenvalue weighted by atomic mass is 9.89. The van der Waals surface area contributed by atoms with Gasteiger partial charge >= 0.3 is 6.55 Å². The number of alkyl halides is 2. The molecule has 21 heavy (non-hydrogen) atoms. The molecular weight excluding hydrogens is 278 g/mol. The number of rotatable bonds is 4. The number of halogens is 2. The van der Waals surface area contributed by atoms with E-state index in [0.717, 1.165) is 35.0 Å². The molecule has 0 saturated carbocycles. The van der Waals surface area contributed by atoms with Gasteiger partial charge < -0.3 is 9.84 Å². The number of aryl methyl sites for hydroxylation is 1. The molecule has 1 aliphatic carbocycles. The van der Waals surface area contributed by atoms with E-state index in [1.165, 1.54) is 12.4 Å². The lowest BCUT2D eigenvalue weighted by Crippen LogP contribution is -2.10. The van der Waals surface area contributed by atoms with Crippen LogP contribution in [-0.2, 0) is 13.0 Å². The fraction of sp³-hybridized carbons (Fsp3) is 0.400. The first-order valence-corrected chi connectivity index (χ1v) is 6.88. The van der Waals surface area contributed by atoms with E-state index < -0.39 is 12.7 Å². The van der Waals surface area contributed by atoms with E-state index in [1.807, 2.05) is 12.1 Å². The zero-order valence-corrected chi connectivity index (χ0v) is 11.4. The van der Waals surface area contributed by atoms with Crippen LogP contribution in [0.1, 0.15) is 42.4 Å². The van der Waals surface area contributed by atoms with Gasteiger partial charge in [0.1, 0.15) is 12.4 Å². The molecule has 0 bridgehead atoms. The Morgan fingerprint density at radius 3 is 3.10 bits per heavy atom. The Morgan fingerprint density at radius 1 is 1.43 bits per heavy atom. The van der Waals surface area contributed by atoms with Crippen LogP contribution in [0, 0.1) is 0 Å². The normalized spacial score (nSPS) is 17.8. The van der Waals surface area contributed by atoms with Gasteiger partial charge in [-0.1, -0.05) is 6.07 Å². The van der Waals surface area contributed by atoms with E-state index in [0.29, 0.717) is 5.75 Å². The lowest BCUT2D eigenvalue weighted by Gasteiger charge is -2.21. The summed E-state index contributed by atoms with van der Waals surface area (Å²) in [5.74, 6) is 0.787. The topological polar surface area (TPSA) is 47.3 Å². The molecule has 0 fully saturated rings. The Labute approximate surface area is 121 Å². The molecule has 1 aromatic carbocycles. The second-order valence-corrected chi connectivity index (χ2v) is 5.09. The van der Waals surface area contributed by atoms with Gasteiger partial charge in [-0.3, -0.25) is 4.57 Å². The van der Waals surface area contributed by atoms with Gasteiger partial charge in [-0.25, -0.2) is 4.98 Å². The Morgan fingerprint density at radius 2 is 2.29 bits per heavy atom. The molecule has 4 nitrogen and oxygen atoms in total. The first kappa shape index (κ1) is 14.0. The van der Waals surface area contributed by atoms with Crippen LogP contribution < -0.4 is 4.74 Å². The van der Waals surface area contributed by atoms with Gasteiger partial charge in [0.05, 0.1) is 6.10 Å². The summed E-state index contributed by atoms with van der Waals surface area (Å²) in [6.45, 7) is -2.64. The van der Waals surface area contributed by atoms with Crippen molar-refractivity contribution in [2.24, 2.45) is 0 Å². The van der Waals surface area contributed by atoms with Gasteiger partial charge in [0.15, 0.2) is 5.82 Å². The molecule has 1 heterocycles. The zero-order valence-electron chi connectivity index (χ0n) is 11.4. The Hall–Kier alpha value is -1.95. The van der Waals surface area contributed by atoms with Gasteiger partial charge in [-0.15, -0.1) is 0 Å². The summed E-state index contributed by atoms with van der Waals surface area (Å²) in [5.41, 5.74) is 1.99. The third-order valence-electron chi connectivity index (χ3n) is 3.72. The van der Waals surface area contributed by atoms with Gasteiger partial charge in [0, 0.05) is 12.4 Å². The van der Waals surface area contributed by atoms with Crippen molar-refractivity contribution >= 4 is 0 Å². The molecule has 1 aromatic heterocycles. The molecule has 2 aromatic rings. The average molecular weight is 294 g/mol. The third kappa shape index (κ3) is 2.90.